The number of carboxylic acids is 1. The number of nitrogens with zero attached hydrogens (tertiary/aromatic N) is 1. The molecule has 0 heterocycles. The van der Waals surface area contributed by atoms with Gasteiger partial charge in [-0.25, -0.2) is 4.79 Å². The Morgan fingerprint density at radius 2 is 0.776 bits per heavy atom. The molecule has 2 atom stereocenters. The summed E-state index contributed by atoms with van der Waals surface area (Å²) in [4.78, 5) is 37.1. The molecule has 1 N–H and O–H groups in total. The van der Waals surface area contributed by atoms with Gasteiger partial charge in [0.2, 0.25) is 0 Å². The molecule has 0 saturated carbocycles. The Balaban J connectivity index is 4.24. The van der Waals surface area contributed by atoms with Crippen LogP contribution in [0, 0.1) is 0 Å². The maximum atomic E-state index is 12.8. The van der Waals surface area contributed by atoms with E-state index in [-0.39, 0.29) is 38.2 Å². The highest BCUT2D eigenvalue weighted by atomic mass is 16.7. The molecule has 9 nitrogen and oxygen atoms in total. The maximum Gasteiger partial charge on any atom is 0.361 e. The monoisotopic (exact) mass is 827 g/mol. The van der Waals surface area contributed by atoms with Gasteiger partial charge in [-0.3, -0.25) is 9.59 Å². The lowest BCUT2D eigenvalue weighted by Crippen LogP contribution is -2.40. The summed E-state index contributed by atoms with van der Waals surface area (Å²) in [5.74, 6) is -1.98. The van der Waals surface area contributed by atoms with Crippen LogP contribution in [0.1, 0.15) is 239 Å². The van der Waals surface area contributed by atoms with Crippen molar-refractivity contribution in [3.05, 3.63) is 0 Å². The minimum atomic E-state index is -1.50. The fourth-order valence-corrected chi connectivity index (χ4v) is 7.25. The summed E-state index contributed by atoms with van der Waals surface area (Å²) < 4.78 is 22.8. The molecule has 0 aliphatic rings. The molecule has 0 aromatic heterocycles. The second kappa shape index (κ2) is 42.0. The quantitative estimate of drug-likeness (QED) is 0.0280. The Kier molecular flexibility index (Phi) is 40.8. The lowest BCUT2D eigenvalue weighted by atomic mass is 10.0. The van der Waals surface area contributed by atoms with E-state index in [2.05, 4.69) is 13.8 Å². The molecular weight excluding hydrogens is 731 g/mol. The molecule has 344 valence electrons. The number of rotatable bonds is 46. The number of carboxylic acid groups (broad SMARTS) is 1. The third-order valence-electron chi connectivity index (χ3n) is 11.1. The van der Waals surface area contributed by atoms with Gasteiger partial charge >= 0.3 is 17.9 Å². The molecule has 0 aromatic carbocycles. The van der Waals surface area contributed by atoms with E-state index in [9.17, 15) is 19.5 Å². The number of likely N-dealkylation sites (N-methyl/N-ethyl adjacent to an activating group) is 1. The van der Waals surface area contributed by atoms with E-state index in [0.29, 0.717) is 17.4 Å². The summed E-state index contributed by atoms with van der Waals surface area (Å²) >= 11 is 0. The number of hydrogen-bond acceptors (Lipinski definition) is 7. The summed E-state index contributed by atoms with van der Waals surface area (Å²) in [6.45, 7) is 4.90. The zero-order chi connectivity index (χ0) is 42.8. The molecule has 9 heteroatoms. The van der Waals surface area contributed by atoms with Crippen molar-refractivity contribution in [2.24, 2.45) is 0 Å². The first-order chi connectivity index (χ1) is 28.1. The van der Waals surface area contributed by atoms with Crippen LogP contribution in [-0.4, -0.2) is 87.4 Å². The van der Waals surface area contributed by atoms with Gasteiger partial charge in [0.1, 0.15) is 13.2 Å². The highest BCUT2D eigenvalue weighted by Crippen LogP contribution is 2.17. The van der Waals surface area contributed by atoms with E-state index in [0.717, 1.165) is 38.5 Å². The van der Waals surface area contributed by atoms with Crippen LogP contribution in [0.15, 0.2) is 0 Å². The first kappa shape index (κ1) is 56.3. The fraction of sp³-hybridized carbons (Fsp3) is 0.939. The van der Waals surface area contributed by atoms with Crippen LogP contribution in [0.3, 0.4) is 0 Å². The molecule has 0 rings (SSSR count). The molecule has 0 radical (unpaired) electrons. The van der Waals surface area contributed by atoms with Crippen LogP contribution in [0.2, 0.25) is 0 Å². The predicted octanol–water partition coefficient (Wildman–Crippen LogP) is 13.3. The van der Waals surface area contributed by atoms with Gasteiger partial charge in [0.15, 0.2) is 6.10 Å². The Hall–Kier alpha value is -1.71. The molecule has 0 aromatic rings. The van der Waals surface area contributed by atoms with Crippen molar-refractivity contribution < 1.29 is 42.9 Å². The highest BCUT2D eigenvalue weighted by Gasteiger charge is 2.25. The largest absolute Gasteiger partial charge is 0.477 e. The average molecular weight is 827 g/mol. The van der Waals surface area contributed by atoms with Gasteiger partial charge in [0.05, 0.1) is 34.4 Å². The number of hydrogen-bond donors (Lipinski definition) is 1. The molecule has 0 fully saturated rings. The normalized spacial score (nSPS) is 12.8. The number of aliphatic carboxylic acids is 1. The van der Waals surface area contributed by atoms with E-state index >= 15 is 0 Å². The first-order valence-electron chi connectivity index (χ1n) is 24.7. The number of unbranched alkanes of at least 4 members (excludes halogenated alkanes) is 31. The summed E-state index contributed by atoms with van der Waals surface area (Å²) in [7, 11) is 5.97. The number of quaternary nitrogens is 1. The smallest absolute Gasteiger partial charge is 0.361 e. The molecule has 0 bridgehead atoms. The minimum Gasteiger partial charge on any atom is -0.477 e. The van der Waals surface area contributed by atoms with Crippen molar-refractivity contribution in [2.45, 2.75) is 251 Å². The second-order valence-electron chi connectivity index (χ2n) is 18.1. The molecular formula is C49H96NO8+. The van der Waals surface area contributed by atoms with E-state index < -0.39 is 18.4 Å². The topological polar surface area (TPSA) is 108 Å². The number of carbonyl (C=O) groups excluding carboxylic acids is 2. The standard InChI is InChI=1S/C49H95NO8/c1-6-8-10-12-14-16-18-19-20-21-22-23-24-25-26-27-28-30-32-34-36-38-40-47(52)58-45(44-57-49(48(53)54)55-42-41-50(3,4)5)43-56-46(51)39-37-35-33-31-29-17-15-13-11-9-7-2/h45,49H,6-44H2,1-5H3/p+1. The Labute approximate surface area is 358 Å². The Bertz CT molecular complexity index is 923. The maximum absolute atomic E-state index is 12.8. The van der Waals surface area contributed by atoms with Gasteiger partial charge in [-0.15, -0.1) is 0 Å². The van der Waals surface area contributed by atoms with Crippen LogP contribution in [-0.2, 0) is 33.3 Å². The van der Waals surface area contributed by atoms with Crippen LogP contribution in [0.4, 0.5) is 0 Å². The summed E-state index contributed by atoms with van der Waals surface area (Å²) in [5.41, 5.74) is 0. The van der Waals surface area contributed by atoms with E-state index in [1.165, 1.54) is 173 Å². The zero-order valence-corrected chi connectivity index (χ0v) is 39.0. The number of esters is 2. The first-order valence-corrected chi connectivity index (χ1v) is 24.7. The van der Waals surface area contributed by atoms with Gasteiger partial charge in [-0.2, -0.15) is 0 Å². The lowest BCUT2D eigenvalue weighted by Gasteiger charge is -2.25. The Morgan fingerprint density at radius 3 is 1.10 bits per heavy atom. The molecule has 0 amide bonds. The average Bonchev–Trinajstić information content (AvgIpc) is 3.18. The lowest BCUT2D eigenvalue weighted by molar-refractivity contribution is -0.870. The number of carbonyl (C=O) groups is 3. The molecule has 58 heavy (non-hydrogen) atoms. The Morgan fingerprint density at radius 1 is 0.448 bits per heavy atom. The third kappa shape index (κ3) is 42.4. The van der Waals surface area contributed by atoms with E-state index in [1.54, 1.807) is 0 Å². The molecule has 2 unspecified atom stereocenters. The van der Waals surface area contributed by atoms with Crippen molar-refractivity contribution in [3.63, 3.8) is 0 Å². The van der Waals surface area contributed by atoms with Gasteiger partial charge in [-0.1, -0.05) is 213 Å². The van der Waals surface area contributed by atoms with Gasteiger partial charge in [0, 0.05) is 12.8 Å². The van der Waals surface area contributed by atoms with Crippen molar-refractivity contribution in [2.75, 3.05) is 47.5 Å². The number of ether oxygens (including phenoxy) is 4. The second-order valence-corrected chi connectivity index (χ2v) is 18.1. The van der Waals surface area contributed by atoms with Crippen molar-refractivity contribution >= 4 is 17.9 Å². The molecule has 0 spiro atoms. The predicted molar refractivity (Wildman–Crippen MR) is 240 cm³/mol. The highest BCUT2D eigenvalue weighted by molar-refractivity contribution is 5.71. The van der Waals surface area contributed by atoms with Crippen molar-refractivity contribution in [1.82, 2.24) is 0 Å². The minimum absolute atomic E-state index is 0.173. The van der Waals surface area contributed by atoms with Gasteiger partial charge in [0.25, 0.3) is 6.29 Å². The SMILES string of the molecule is CCCCCCCCCCCCCCCCCCCCCCCCC(=O)OC(COC(=O)CCCCCCCCCCCCC)COC(OCC[N+](C)(C)C)C(=O)O. The van der Waals surface area contributed by atoms with E-state index in [4.69, 9.17) is 18.9 Å². The third-order valence-corrected chi connectivity index (χ3v) is 11.1. The van der Waals surface area contributed by atoms with Crippen LogP contribution in [0.25, 0.3) is 0 Å². The fourth-order valence-electron chi connectivity index (χ4n) is 7.25. The van der Waals surface area contributed by atoms with Gasteiger partial charge < -0.3 is 28.5 Å². The van der Waals surface area contributed by atoms with Crippen LogP contribution >= 0.6 is 0 Å². The van der Waals surface area contributed by atoms with Crippen molar-refractivity contribution in [1.29, 1.82) is 0 Å². The summed E-state index contributed by atoms with van der Waals surface area (Å²) in [6.07, 6.45) is 40.3. The summed E-state index contributed by atoms with van der Waals surface area (Å²) in [5, 5.41) is 9.64. The molecule has 0 aliphatic heterocycles. The molecule has 0 aliphatic carbocycles. The van der Waals surface area contributed by atoms with E-state index in [1.807, 2.05) is 21.1 Å². The zero-order valence-electron chi connectivity index (χ0n) is 39.0. The summed E-state index contributed by atoms with van der Waals surface area (Å²) in [6, 6.07) is 0. The van der Waals surface area contributed by atoms with Gasteiger partial charge in [-0.05, 0) is 12.8 Å². The molecule has 0 saturated heterocycles. The van der Waals surface area contributed by atoms with Crippen molar-refractivity contribution in [3.8, 4) is 0 Å². The van der Waals surface area contributed by atoms with Crippen LogP contribution < -0.4 is 0 Å². The van der Waals surface area contributed by atoms with Crippen LogP contribution in [0.5, 0.6) is 0 Å².